The van der Waals surface area contributed by atoms with E-state index >= 15 is 0 Å². The van der Waals surface area contributed by atoms with E-state index < -0.39 is 48.3 Å². The molecule has 1 aliphatic heterocycles. The van der Waals surface area contributed by atoms with Crippen LogP contribution in [0.2, 0.25) is 0 Å². The van der Waals surface area contributed by atoms with Gasteiger partial charge in [0, 0.05) is 0 Å². The number of rotatable bonds is 9. The van der Waals surface area contributed by atoms with Crippen molar-refractivity contribution in [3.63, 3.8) is 0 Å². The maximum Gasteiger partial charge on any atom is 0.325 e. The van der Waals surface area contributed by atoms with E-state index in [-0.39, 0.29) is 11.9 Å². The Morgan fingerprint density at radius 2 is 1.65 bits per heavy atom. The summed E-state index contributed by atoms with van der Waals surface area (Å²) >= 11 is 0. The Balaban J connectivity index is 2.65. The fourth-order valence-electron chi connectivity index (χ4n) is 2.34. The number of carbonyl (C=O) groups excluding carboxylic acids is 3. The van der Waals surface area contributed by atoms with Gasteiger partial charge in [-0.25, -0.2) is 0 Å². The molecule has 11 nitrogen and oxygen atoms in total. The molecule has 1 heterocycles. The lowest BCUT2D eigenvalue weighted by Gasteiger charge is -2.22. The Morgan fingerprint density at radius 3 is 2.15 bits per heavy atom. The number of amides is 3. The van der Waals surface area contributed by atoms with Gasteiger partial charge in [-0.05, 0) is 33.2 Å². The molecule has 146 valence electrons. The average Bonchev–Trinajstić information content (AvgIpc) is 3.07. The molecule has 0 saturated carbocycles. The molecule has 26 heavy (non-hydrogen) atoms. The minimum atomic E-state index is -1.47. The second-order valence-corrected chi connectivity index (χ2v) is 6.11. The summed E-state index contributed by atoms with van der Waals surface area (Å²) in [5.41, 5.74) is 0. The Morgan fingerprint density at radius 1 is 1.00 bits per heavy atom. The summed E-state index contributed by atoms with van der Waals surface area (Å²) in [5, 5.41) is 27.5. The first-order valence-corrected chi connectivity index (χ1v) is 8.21. The SMILES string of the molecule is CC(NC(=O)C(CC(=O)O)NC(=O)C(C)NC(=O)C1CCCN1)C(=O)O. The van der Waals surface area contributed by atoms with Crippen LogP contribution in [-0.2, 0) is 24.0 Å². The van der Waals surface area contributed by atoms with Crippen molar-refractivity contribution < 1.29 is 34.2 Å². The molecule has 0 spiro atoms. The van der Waals surface area contributed by atoms with Gasteiger partial charge >= 0.3 is 11.9 Å². The van der Waals surface area contributed by atoms with Crippen molar-refractivity contribution >= 4 is 29.7 Å². The molecule has 0 bridgehead atoms. The standard InChI is InChI=1S/C15H24N4O7/c1-7(17-13(23)9-4-3-5-16-9)12(22)19-10(6-11(20)21)14(24)18-8(2)15(25)26/h7-10,16H,3-6H2,1-2H3,(H,17,23)(H,18,24)(H,19,22)(H,20,21)(H,25,26). The third-order valence-corrected chi connectivity index (χ3v) is 3.87. The second-order valence-electron chi connectivity index (χ2n) is 6.11. The molecule has 3 amide bonds. The van der Waals surface area contributed by atoms with Crippen molar-refractivity contribution in [3.05, 3.63) is 0 Å². The van der Waals surface area contributed by atoms with Crippen LogP contribution in [0.3, 0.4) is 0 Å². The molecule has 1 fully saturated rings. The van der Waals surface area contributed by atoms with Crippen LogP contribution in [0.4, 0.5) is 0 Å². The van der Waals surface area contributed by atoms with Crippen molar-refractivity contribution in [2.75, 3.05) is 6.54 Å². The number of aliphatic carboxylic acids is 2. The van der Waals surface area contributed by atoms with Crippen LogP contribution >= 0.6 is 0 Å². The zero-order valence-electron chi connectivity index (χ0n) is 14.6. The van der Waals surface area contributed by atoms with Crippen molar-refractivity contribution in [3.8, 4) is 0 Å². The smallest absolute Gasteiger partial charge is 0.325 e. The van der Waals surface area contributed by atoms with Crippen molar-refractivity contribution in [1.29, 1.82) is 0 Å². The molecule has 0 aliphatic carbocycles. The van der Waals surface area contributed by atoms with Gasteiger partial charge < -0.3 is 31.5 Å². The fourth-order valence-corrected chi connectivity index (χ4v) is 2.34. The lowest BCUT2D eigenvalue weighted by Crippen LogP contribution is -2.56. The monoisotopic (exact) mass is 372 g/mol. The highest BCUT2D eigenvalue weighted by atomic mass is 16.4. The van der Waals surface area contributed by atoms with E-state index in [4.69, 9.17) is 10.2 Å². The molecule has 1 aliphatic rings. The van der Waals surface area contributed by atoms with Crippen molar-refractivity contribution in [2.24, 2.45) is 0 Å². The molecule has 0 radical (unpaired) electrons. The molecule has 0 aromatic heterocycles. The van der Waals surface area contributed by atoms with E-state index in [0.717, 1.165) is 6.42 Å². The quantitative estimate of drug-likeness (QED) is 0.264. The van der Waals surface area contributed by atoms with Gasteiger partial charge in [-0.2, -0.15) is 0 Å². The first-order chi connectivity index (χ1) is 12.1. The van der Waals surface area contributed by atoms with Gasteiger partial charge in [0.25, 0.3) is 0 Å². The summed E-state index contributed by atoms with van der Waals surface area (Å²) in [6, 6.07) is -4.10. The summed E-state index contributed by atoms with van der Waals surface area (Å²) in [7, 11) is 0. The number of nitrogens with one attached hydrogen (secondary N) is 4. The zero-order valence-corrected chi connectivity index (χ0v) is 14.6. The van der Waals surface area contributed by atoms with E-state index in [0.29, 0.717) is 13.0 Å². The van der Waals surface area contributed by atoms with Crippen LogP contribution in [0.15, 0.2) is 0 Å². The van der Waals surface area contributed by atoms with Gasteiger partial charge in [-0.15, -0.1) is 0 Å². The molecule has 11 heteroatoms. The number of carboxylic acid groups (broad SMARTS) is 2. The van der Waals surface area contributed by atoms with Gasteiger partial charge in [0.15, 0.2) is 0 Å². The minimum Gasteiger partial charge on any atom is -0.481 e. The molecular formula is C15H24N4O7. The lowest BCUT2D eigenvalue weighted by molar-refractivity contribution is -0.143. The summed E-state index contributed by atoms with van der Waals surface area (Å²) in [6.07, 6.45) is 0.771. The zero-order chi connectivity index (χ0) is 19.9. The van der Waals surface area contributed by atoms with E-state index in [9.17, 15) is 24.0 Å². The largest absolute Gasteiger partial charge is 0.481 e. The second kappa shape index (κ2) is 9.70. The van der Waals surface area contributed by atoms with E-state index in [1.807, 2.05) is 0 Å². The first-order valence-electron chi connectivity index (χ1n) is 8.21. The van der Waals surface area contributed by atoms with Crippen LogP contribution in [0.1, 0.15) is 33.1 Å². The molecule has 1 saturated heterocycles. The van der Waals surface area contributed by atoms with Gasteiger partial charge in [-0.3, -0.25) is 24.0 Å². The number of carboxylic acids is 2. The maximum absolute atomic E-state index is 12.2. The van der Waals surface area contributed by atoms with Gasteiger partial charge in [-0.1, -0.05) is 0 Å². The highest BCUT2D eigenvalue weighted by molar-refractivity contribution is 5.95. The normalized spacial score (nSPS) is 19.7. The van der Waals surface area contributed by atoms with Crippen LogP contribution < -0.4 is 21.3 Å². The third kappa shape index (κ3) is 6.67. The predicted molar refractivity (Wildman–Crippen MR) is 88.1 cm³/mol. The van der Waals surface area contributed by atoms with Crippen LogP contribution in [0.25, 0.3) is 0 Å². The molecule has 4 unspecified atom stereocenters. The third-order valence-electron chi connectivity index (χ3n) is 3.87. The molecule has 0 aromatic rings. The topological polar surface area (TPSA) is 174 Å². The van der Waals surface area contributed by atoms with E-state index in [1.54, 1.807) is 0 Å². The molecule has 0 aromatic carbocycles. The number of hydrogen-bond donors (Lipinski definition) is 6. The van der Waals surface area contributed by atoms with Crippen molar-refractivity contribution in [1.82, 2.24) is 21.3 Å². The number of hydrogen-bond acceptors (Lipinski definition) is 6. The molecule has 1 rings (SSSR count). The van der Waals surface area contributed by atoms with Gasteiger partial charge in [0.2, 0.25) is 17.7 Å². The van der Waals surface area contributed by atoms with Crippen LogP contribution in [0, 0.1) is 0 Å². The Kier molecular flexibility index (Phi) is 7.97. The summed E-state index contributed by atoms with van der Waals surface area (Å²) in [4.78, 5) is 57.9. The Bertz CT molecular complexity index is 574. The maximum atomic E-state index is 12.2. The minimum absolute atomic E-state index is 0.358. The average molecular weight is 372 g/mol. The highest BCUT2D eigenvalue weighted by Crippen LogP contribution is 2.05. The van der Waals surface area contributed by atoms with Crippen LogP contribution in [0.5, 0.6) is 0 Å². The van der Waals surface area contributed by atoms with E-state index in [2.05, 4.69) is 21.3 Å². The molecular weight excluding hydrogens is 348 g/mol. The number of carbonyl (C=O) groups is 5. The fraction of sp³-hybridized carbons (Fsp3) is 0.667. The Labute approximate surface area is 149 Å². The summed E-state index contributed by atoms with van der Waals surface area (Å²) in [6.45, 7) is 3.32. The first kappa shape index (κ1) is 21.4. The Hall–Kier alpha value is -2.69. The van der Waals surface area contributed by atoms with Crippen LogP contribution in [-0.4, -0.2) is 70.6 Å². The van der Waals surface area contributed by atoms with Gasteiger partial charge in [0.05, 0.1) is 12.5 Å². The lowest BCUT2D eigenvalue weighted by atomic mass is 10.1. The van der Waals surface area contributed by atoms with Gasteiger partial charge in [0.1, 0.15) is 18.1 Å². The molecule has 6 N–H and O–H groups in total. The van der Waals surface area contributed by atoms with Crippen molar-refractivity contribution in [2.45, 2.75) is 57.3 Å². The summed E-state index contributed by atoms with van der Waals surface area (Å²) < 4.78 is 0. The molecule has 4 atom stereocenters. The highest BCUT2D eigenvalue weighted by Gasteiger charge is 2.30. The summed E-state index contributed by atoms with van der Waals surface area (Å²) in [5.74, 6) is -4.69. The predicted octanol–water partition coefficient (Wildman–Crippen LogP) is -2.21. The van der Waals surface area contributed by atoms with E-state index in [1.165, 1.54) is 13.8 Å².